The maximum Gasteiger partial charge on any atom is 0.149 e. The van der Waals surface area contributed by atoms with Crippen LogP contribution in [0.1, 0.15) is 38.2 Å². The molecule has 2 heteroatoms. The van der Waals surface area contributed by atoms with E-state index in [1.54, 1.807) is 0 Å². The van der Waals surface area contributed by atoms with Crippen molar-refractivity contribution in [2.75, 3.05) is 18.0 Å². The van der Waals surface area contributed by atoms with Crippen LogP contribution < -0.4 is 4.90 Å². The van der Waals surface area contributed by atoms with Crippen LogP contribution in [0.5, 0.6) is 0 Å². The predicted octanol–water partition coefficient (Wildman–Crippen LogP) is 3.55. The van der Waals surface area contributed by atoms with Crippen LogP contribution in [0.25, 0.3) is 0 Å². The van der Waals surface area contributed by atoms with Gasteiger partial charge in [-0.3, -0.25) is 0 Å². The van der Waals surface area contributed by atoms with Gasteiger partial charge in [0.05, 0.1) is 5.69 Å². The zero-order valence-corrected chi connectivity index (χ0v) is 9.46. The molecule has 1 heterocycles. The van der Waals surface area contributed by atoms with Crippen LogP contribution in [0.2, 0.25) is 0 Å². The van der Waals surface area contributed by atoms with Crippen molar-refractivity contribution in [3.63, 3.8) is 0 Å². The summed E-state index contributed by atoms with van der Waals surface area (Å²) in [7, 11) is 0. The maximum atomic E-state index is 14.1. The molecule has 1 fully saturated rings. The number of rotatable bonds is 2. The highest BCUT2D eigenvalue weighted by Gasteiger charge is 2.18. The van der Waals surface area contributed by atoms with Gasteiger partial charge in [0.1, 0.15) is 5.82 Å². The van der Waals surface area contributed by atoms with Gasteiger partial charge in [0, 0.05) is 13.1 Å². The average Bonchev–Trinajstić information content (AvgIpc) is 2.70. The van der Waals surface area contributed by atoms with Gasteiger partial charge in [0.15, 0.2) is 0 Å². The van der Waals surface area contributed by atoms with E-state index in [1.165, 1.54) is 12.8 Å². The van der Waals surface area contributed by atoms with E-state index in [4.69, 9.17) is 0 Å². The van der Waals surface area contributed by atoms with Crippen LogP contribution in [-0.4, -0.2) is 13.1 Å². The van der Waals surface area contributed by atoms with Crippen LogP contribution in [0.15, 0.2) is 18.2 Å². The van der Waals surface area contributed by atoms with Gasteiger partial charge in [-0.2, -0.15) is 0 Å². The van der Waals surface area contributed by atoms with Gasteiger partial charge < -0.3 is 4.90 Å². The third-order valence-corrected chi connectivity index (χ3v) is 3.08. The molecule has 0 amide bonds. The molecule has 1 aromatic carbocycles. The fraction of sp³-hybridized carbons (Fsp3) is 0.538. The summed E-state index contributed by atoms with van der Waals surface area (Å²) in [6.07, 6.45) is 2.37. The molecule has 0 unspecified atom stereocenters. The number of hydrogen-bond donors (Lipinski definition) is 0. The molecular formula is C13H18FN. The predicted molar refractivity (Wildman–Crippen MR) is 61.9 cm³/mol. The van der Waals surface area contributed by atoms with Gasteiger partial charge in [-0.1, -0.05) is 26.0 Å². The third-order valence-electron chi connectivity index (χ3n) is 3.08. The van der Waals surface area contributed by atoms with Gasteiger partial charge in [-0.15, -0.1) is 0 Å². The van der Waals surface area contributed by atoms with Crippen molar-refractivity contribution >= 4 is 5.69 Å². The number of anilines is 1. The lowest BCUT2D eigenvalue weighted by Gasteiger charge is -2.20. The first-order chi connectivity index (χ1) is 7.20. The van der Waals surface area contributed by atoms with Gasteiger partial charge in [0.2, 0.25) is 0 Å². The van der Waals surface area contributed by atoms with Crippen molar-refractivity contribution < 1.29 is 4.39 Å². The van der Waals surface area contributed by atoms with Crippen molar-refractivity contribution in [1.82, 2.24) is 0 Å². The molecule has 82 valence electrons. The molecule has 1 saturated heterocycles. The second-order valence-electron chi connectivity index (χ2n) is 4.53. The van der Waals surface area contributed by atoms with Crippen LogP contribution >= 0.6 is 0 Å². The van der Waals surface area contributed by atoms with Gasteiger partial charge >= 0.3 is 0 Å². The fourth-order valence-electron chi connectivity index (χ4n) is 2.19. The quantitative estimate of drug-likeness (QED) is 0.717. The summed E-state index contributed by atoms with van der Waals surface area (Å²) in [6, 6.07) is 5.75. The highest BCUT2D eigenvalue weighted by Crippen LogP contribution is 2.29. The maximum absolute atomic E-state index is 14.1. The van der Waals surface area contributed by atoms with Gasteiger partial charge in [-0.05, 0) is 30.4 Å². The molecule has 0 radical (unpaired) electrons. The Bertz CT molecular complexity index is 340. The van der Waals surface area contributed by atoms with E-state index in [0.29, 0.717) is 0 Å². The van der Waals surface area contributed by atoms with E-state index in [-0.39, 0.29) is 11.7 Å². The average molecular weight is 207 g/mol. The molecular weight excluding hydrogens is 189 g/mol. The molecule has 0 N–H and O–H groups in total. The number of benzene rings is 1. The van der Waals surface area contributed by atoms with E-state index >= 15 is 0 Å². The minimum absolute atomic E-state index is 0.0191. The van der Waals surface area contributed by atoms with E-state index in [0.717, 1.165) is 24.3 Å². The highest BCUT2D eigenvalue weighted by atomic mass is 19.1. The molecule has 15 heavy (non-hydrogen) atoms. The zero-order valence-electron chi connectivity index (χ0n) is 9.46. The molecule has 1 nitrogen and oxygen atoms in total. The smallest absolute Gasteiger partial charge is 0.149 e. The number of hydrogen-bond acceptors (Lipinski definition) is 1. The first-order valence-electron chi connectivity index (χ1n) is 5.73. The first-order valence-corrected chi connectivity index (χ1v) is 5.73. The lowest BCUT2D eigenvalue weighted by atomic mass is 10.0. The van der Waals surface area contributed by atoms with E-state index in [2.05, 4.69) is 4.90 Å². The number of halogens is 1. The molecule has 0 bridgehead atoms. The largest absolute Gasteiger partial charge is 0.369 e. The van der Waals surface area contributed by atoms with Gasteiger partial charge in [0.25, 0.3) is 0 Å². The van der Waals surface area contributed by atoms with Gasteiger partial charge in [-0.25, -0.2) is 4.39 Å². The Morgan fingerprint density at radius 3 is 2.47 bits per heavy atom. The molecule has 0 spiro atoms. The Morgan fingerprint density at radius 2 is 1.87 bits per heavy atom. The molecule has 0 atom stereocenters. The molecule has 1 aliphatic rings. The molecule has 0 aliphatic carbocycles. The van der Waals surface area contributed by atoms with Crippen molar-refractivity contribution in [3.05, 3.63) is 29.6 Å². The summed E-state index contributed by atoms with van der Waals surface area (Å²) < 4.78 is 14.1. The van der Waals surface area contributed by atoms with Crippen LogP contribution in [-0.2, 0) is 0 Å². The summed E-state index contributed by atoms with van der Waals surface area (Å²) in [5.41, 5.74) is 1.62. The van der Waals surface area contributed by atoms with Crippen LogP contribution in [0, 0.1) is 5.82 Å². The van der Waals surface area contributed by atoms with E-state index < -0.39 is 0 Å². The minimum atomic E-state index is -0.0191. The lowest BCUT2D eigenvalue weighted by Crippen LogP contribution is -2.19. The normalized spacial score (nSPS) is 16.4. The lowest BCUT2D eigenvalue weighted by molar-refractivity contribution is 0.595. The van der Waals surface area contributed by atoms with Crippen molar-refractivity contribution in [1.29, 1.82) is 0 Å². The fourth-order valence-corrected chi connectivity index (χ4v) is 2.19. The Labute approximate surface area is 90.9 Å². The molecule has 0 saturated carbocycles. The summed E-state index contributed by atoms with van der Waals surface area (Å²) in [4.78, 5) is 2.15. The summed E-state index contributed by atoms with van der Waals surface area (Å²) >= 11 is 0. The summed E-state index contributed by atoms with van der Waals surface area (Å²) in [5.74, 6) is 0.238. The SMILES string of the molecule is CC(C)c1cccc(N2CCCC2)c1F. The van der Waals surface area contributed by atoms with E-state index in [1.807, 2.05) is 32.0 Å². The second kappa shape index (κ2) is 4.21. The minimum Gasteiger partial charge on any atom is -0.369 e. The second-order valence-corrected chi connectivity index (χ2v) is 4.53. The zero-order chi connectivity index (χ0) is 10.8. The monoisotopic (exact) mass is 207 g/mol. The first kappa shape index (κ1) is 10.5. The Hall–Kier alpha value is -1.05. The van der Waals surface area contributed by atoms with Crippen molar-refractivity contribution in [2.45, 2.75) is 32.6 Å². The number of nitrogens with zero attached hydrogens (tertiary/aromatic N) is 1. The Balaban J connectivity index is 2.34. The highest BCUT2D eigenvalue weighted by molar-refractivity contribution is 5.51. The van der Waals surface area contributed by atoms with Crippen molar-refractivity contribution in [3.8, 4) is 0 Å². The topological polar surface area (TPSA) is 3.24 Å². The molecule has 1 aromatic rings. The van der Waals surface area contributed by atoms with Crippen molar-refractivity contribution in [2.24, 2.45) is 0 Å². The molecule has 2 rings (SSSR count). The molecule has 0 aromatic heterocycles. The standard InChI is InChI=1S/C13H18FN/c1-10(2)11-6-5-7-12(13(11)14)15-8-3-4-9-15/h5-7,10H,3-4,8-9H2,1-2H3. The van der Waals surface area contributed by atoms with E-state index in [9.17, 15) is 4.39 Å². The Kier molecular flexibility index (Phi) is 2.94. The van der Waals surface area contributed by atoms with Crippen LogP contribution in [0.3, 0.4) is 0 Å². The summed E-state index contributed by atoms with van der Waals surface area (Å²) in [5, 5.41) is 0. The summed E-state index contributed by atoms with van der Waals surface area (Å²) in [6.45, 7) is 6.06. The molecule has 1 aliphatic heterocycles. The third kappa shape index (κ3) is 1.99. The Morgan fingerprint density at radius 1 is 1.20 bits per heavy atom. The van der Waals surface area contributed by atoms with Crippen LogP contribution in [0.4, 0.5) is 10.1 Å².